The first kappa shape index (κ1) is 25.5. The lowest BCUT2D eigenvalue weighted by molar-refractivity contribution is 0.735. The van der Waals surface area contributed by atoms with Crippen LogP contribution >= 0.6 is 11.3 Å². The molecule has 6 aromatic carbocycles. The van der Waals surface area contributed by atoms with Gasteiger partial charge in [-0.2, -0.15) is 10.5 Å². The maximum absolute atomic E-state index is 10.2. The third-order valence-electron chi connectivity index (χ3n) is 9.33. The molecule has 8 aromatic rings. The molecule has 3 heterocycles. The maximum Gasteiger partial charge on any atom is 0.105 e. The summed E-state index contributed by atoms with van der Waals surface area (Å²) in [6.07, 6.45) is 0. The highest BCUT2D eigenvalue weighted by molar-refractivity contribution is 7.18. The fourth-order valence-corrected chi connectivity index (χ4v) is 8.78. The third-order valence-corrected chi connectivity index (χ3v) is 10.5. The minimum absolute atomic E-state index is 0.538. The lowest BCUT2D eigenvalue weighted by Gasteiger charge is -2.40. The molecule has 1 aliphatic heterocycles. The number of hydrogen-bond acceptors (Lipinski definition) is 3. The Kier molecular flexibility index (Phi) is 5.41. The Hall–Kier alpha value is -5.94. The van der Waals surface area contributed by atoms with Crippen molar-refractivity contribution in [2.75, 3.05) is 0 Å². The van der Waals surface area contributed by atoms with Crippen LogP contribution in [-0.2, 0) is 5.41 Å². The molecule has 2 aromatic heterocycles. The van der Waals surface area contributed by atoms with Gasteiger partial charge >= 0.3 is 0 Å². The van der Waals surface area contributed by atoms with E-state index in [9.17, 15) is 10.5 Å². The first-order valence-corrected chi connectivity index (χ1v) is 15.7. The van der Waals surface area contributed by atoms with Gasteiger partial charge in [-0.25, -0.2) is 0 Å². The third kappa shape index (κ3) is 3.38. The summed E-state index contributed by atoms with van der Waals surface area (Å²) >= 11 is 1.69. The maximum atomic E-state index is 10.2. The van der Waals surface area contributed by atoms with E-state index in [1.165, 1.54) is 43.8 Å². The molecule has 0 unspecified atom stereocenters. The van der Waals surface area contributed by atoms with E-state index in [0.29, 0.717) is 11.1 Å². The number of nitrogens with zero attached hydrogens (tertiary/aromatic N) is 3. The smallest absolute Gasteiger partial charge is 0.105 e. The molecule has 0 N–H and O–H groups in total. The molecule has 9 rings (SSSR count). The summed E-state index contributed by atoms with van der Waals surface area (Å²) in [6, 6.07) is 53.7. The molecule has 0 bridgehead atoms. The fourth-order valence-electron chi connectivity index (χ4n) is 7.51. The molecule has 0 amide bonds. The number of para-hydroxylation sites is 1. The predicted octanol–water partition coefficient (Wildman–Crippen LogP) is 10.1. The fraction of sp³-hybridized carbons (Fsp3) is 0.0244. The van der Waals surface area contributed by atoms with E-state index in [2.05, 4.69) is 138 Å². The van der Waals surface area contributed by atoms with Gasteiger partial charge in [0.1, 0.15) is 5.00 Å². The minimum atomic E-state index is -0.640. The van der Waals surface area contributed by atoms with Crippen LogP contribution in [0.25, 0.3) is 48.0 Å². The van der Waals surface area contributed by atoms with E-state index >= 15 is 0 Å². The Bertz CT molecular complexity index is 2520. The lowest BCUT2D eigenvalue weighted by Crippen LogP contribution is -2.34. The van der Waals surface area contributed by atoms with E-state index in [-0.39, 0.29) is 0 Å². The molecule has 45 heavy (non-hydrogen) atoms. The van der Waals surface area contributed by atoms with Gasteiger partial charge in [0.15, 0.2) is 0 Å². The molecule has 4 heteroatoms. The predicted molar refractivity (Wildman–Crippen MR) is 183 cm³/mol. The van der Waals surface area contributed by atoms with Crippen LogP contribution in [0.2, 0.25) is 0 Å². The van der Waals surface area contributed by atoms with Crippen molar-refractivity contribution in [3.8, 4) is 27.6 Å². The summed E-state index contributed by atoms with van der Waals surface area (Å²) < 4.78 is 2.44. The Balaban J connectivity index is 1.55. The van der Waals surface area contributed by atoms with Crippen LogP contribution in [0.1, 0.15) is 33.4 Å². The molecule has 208 valence electrons. The summed E-state index contributed by atoms with van der Waals surface area (Å²) in [5.74, 6) is 0. The summed E-state index contributed by atoms with van der Waals surface area (Å²) in [6.45, 7) is 0. The topological polar surface area (TPSA) is 52.5 Å². The minimum Gasteiger partial charge on any atom is -0.300 e. The van der Waals surface area contributed by atoms with Crippen molar-refractivity contribution in [1.82, 2.24) is 4.57 Å². The van der Waals surface area contributed by atoms with Gasteiger partial charge in [0, 0.05) is 26.8 Å². The molecule has 3 nitrogen and oxygen atoms in total. The van der Waals surface area contributed by atoms with Crippen LogP contribution in [0.4, 0.5) is 0 Å². The van der Waals surface area contributed by atoms with Gasteiger partial charge < -0.3 is 0 Å². The Morgan fingerprint density at radius 2 is 1.27 bits per heavy atom. The molecule has 0 aliphatic carbocycles. The van der Waals surface area contributed by atoms with E-state index < -0.39 is 5.41 Å². The van der Waals surface area contributed by atoms with Gasteiger partial charge in [0.05, 0.1) is 39.7 Å². The zero-order valence-electron chi connectivity index (χ0n) is 24.0. The highest BCUT2D eigenvalue weighted by Gasteiger charge is 2.47. The monoisotopic (exact) mass is 589 g/mol. The molecule has 0 fully saturated rings. The number of fused-ring (bicyclic) bond motifs is 7. The zero-order valence-corrected chi connectivity index (χ0v) is 24.8. The number of hydrogen-bond donors (Lipinski definition) is 0. The molecule has 0 atom stereocenters. The molecule has 1 aliphatic rings. The van der Waals surface area contributed by atoms with Gasteiger partial charge in [-0.1, -0.05) is 103 Å². The van der Waals surface area contributed by atoms with Gasteiger partial charge in [-0.15, -0.1) is 11.3 Å². The van der Waals surface area contributed by atoms with Crippen molar-refractivity contribution in [3.05, 3.63) is 173 Å². The highest BCUT2D eigenvalue weighted by atomic mass is 32.1. The number of thiophene rings is 1. The van der Waals surface area contributed by atoms with E-state index in [0.717, 1.165) is 26.5 Å². The van der Waals surface area contributed by atoms with Crippen LogP contribution in [0.5, 0.6) is 0 Å². The van der Waals surface area contributed by atoms with Gasteiger partial charge in [-0.3, -0.25) is 4.57 Å². The molecular weight excluding hydrogens is 567 g/mol. The normalized spacial score (nSPS) is 13.0. The summed E-state index contributed by atoms with van der Waals surface area (Å²) in [4.78, 5) is 0.966. The first-order valence-electron chi connectivity index (χ1n) is 14.9. The summed E-state index contributed by atoms with van der Waals surface area (Å²) in [5.41, 5.74) is 8.36. The van der Waals surface area contributed by atoms with Crippen LogP contribution in [0.3, 0.4) is 0 Å². The van der Waals surface area contributed by atoms with Gasteiger partial charge in [-0.05, 0) is 63.9 Å². The zero-order chi connectivity index (χ0) is 30.1. The van der Waals surface area contributed by atoms with Crippen molar-refractivity contribution in [3.63, 3.8) is 0 Å². The lowest BCUT2D eigenvalue weighted by atomic mass is 9.63. The Morgan fingerprint density at radius 3 is 1.98 bits per heavy atom. The van der Waals surface area contributed by atoms with Gasteiger partial charge in [0.2, 0.25) is 0 Å². The van der Waals surface area contributed by atoms with Crippen LogP contribution in [0.15, 0.2) is 140 Å². The second-order valence-corrected chi connectivity index (χ2v) is 12.5. The van der Waals surface area contributed by atoms with Crippen molar-refractivity contribution < 1.29 is 0 Å². The van der Waals surface area contributed by atoms with E-state index in [1.807, 2.05) is 6.07 Å². The number of rotatable bonds is 3. The van der Waals surface area contributed by atoms with E-state index in [4.69, 9.17) is 0 Å². The molecule has 0 saturated heterocycles. The van der Waals surface area contributed by atoms with Crippen LogP contribution < -0.4 is 0 Å². The Morgan fingerprint density at radius 1 is 0.600 bits per heavy atom. The first-order chi connectivity index (χ1) is 22.2. The summed E-state index contributed by atoms with van der Waals surface area (Å²) in [5, 5.41) is 26.0. The van der Waals surface area contributed by atoms with Crippen LogP contribution in [-0.4, -0.2) is 4.57 Å². The van der Waals surface area contributed by atoms with Crippen molar-refractivity contribution in [1.29, 1.82) is 10.5 Å². The second-order valence-electron chi connectivity index (χ2n) is 11.5. The standard InChI is InChI=1S/C41H23N3S/c42-24-26-19-20-28(25-43)33(21-26)37-23-35-40(45-37)44-36-18-10-9-17-32(36)38-31-16-8-7-11-27(31)22-34(39(38)44)41(35,29-12-3-1-4-13-29)30-14-5-2-6-15-30/h1-23H. The van der Waals surface area contributed by atoms with Crippen LogP contribution in [0, 0.1) is 22.7 Å². The average molecular weight is 590 g/mol. The van der Waals surface area contributed by atoms with E-state index in [1.54, 1.807) is 23.5 Å². The molecule has 0 saturated carbocycles. The SMILES string of the molecule is N#Cc1ccc(C#N)c(-c2cc3c(s2)-n2c4ccccc4c4c5ccccc5cc(c42)C3(c2ccccc2)c2ccccc2)c1. The summed E-state index contributed by atoms with van der Waals surface area (Å²) in [7, 11) is 0. The molecule has 0 radical (unpaired) electrons. The van der Waals surface area contributed by atoms with Crippen molar-refractivity contribution in [2.24, 2.45) is 0 Å². The molecule has 0 spiro atoms. The average Bonchev–Trinajstić information content (AvgIpc) is 3.70. The number of aromatic nitrogens is 1. The number of benzene rings is 6. The largest absolute Gasteiger partial charge is 0.300 e. The van der Waals surface area contributed by atoms with Crippen molar-refractivity contribution >= 4 is 43.9 Å². The number of nitriles is 2. The Labute approximate surface area is 264 Å². The molecular formula is C41H23N3S. The second kappa shape index (κ2) is 9.53. The van der Waals surface area contributed by atoms with Gasteiger partial charge in [0.25, 0.3) is 0 Å². The van der Waals surface area contributed by atoms with Crippen molar-refractivity contribution in [2.45, 2.75) is 5.41 Å². The highest BCUT2D eigenvalue weighted by Crippen LogP contribution is 2.58. The quantitative estimate of drug-likeness (QED) is 0.206.